The van der Waals surface area contributed by atoms with Crippen LogP contribution >= 0.6 is 0 Å². The summed E-state index contributed by atoms with van der Waals surface area (Å²) in [6.45, 7) is 6.48. The van der Waals surface area contributed by atoms with Crippen LogP contribution in [0.1, 0.15) is 25.5 Å². The molecule has 5 heteroatoms. The highest BCUT2D eigenvalue weighted by atomic mass is 16.5. The average Bonchev–Trinajstić information content (AvgIpc) is 2.63. The van der Waals surface area contributed by atoms with Gasteiger partial charge >= 0.3 is 0 Å². The van der Waals surface area contributed by atoms with Crippen LogP contribution in [0.15, 0.2) is 10.6 Å². The van der Waals surface area contributed by atoms with Crippen molar-refractivity contribution in [2.24, 2.45) is 5.92 Å². The first-order valence-corrected chi connectivity index (χ1v) is 6.09. The van der Waals surface area contributed by atoms with E-state index in [1.165, 1.54) is 12.8 Å². The first-order chi connectivity index (χ1) is 8.13. The Kier molecular flexibility index (Phi) is 3.78. The number of anilines is 1. The molecule has 1 aromatic heterocycles. The summed E-state index contributed by atoms with van der Waals surface area (Å²) in [6.07, 6.45) is 2.44. The number of carbonyl (C=O) groups is 1. The third-order valence-electron chi connectivity index (χ3n) is 3.00. The topological polar surface area (TPSA) is 58.4 Å². The molecule has 1 amide bonds. The van der Waals surface area contributed by atoms with Crippen LogP contribution in [0.25, 0.3) is 0 Å². The summed E-state index contributed by atoms with van der Waals surface area (Å²) in [4.78, 5) is 14.0. The Hall–Kier alpha value is -1.36. The quantitative estimate of drug-likeness (QED) is 0.868. The van der Waals surface area contributed by atoms with Gasteiger partial charge in [0.15, 0.2) is 5.82 Å². The van der Waals surface area contributed by atoms with Crippen molar-refractivity contribution in [3.05, 3.63) is 11.8 Å². The van der Waals surface area contributed by atoms with Gasteiger partial charge in [-0.2, -0.15) is 0 Å². The molecule has 94 valence electrons. The maximum Gasteiger partial charge on any atom is 0.239 e. The van der Waals surface area contributed by atoms with E-state index in [4.69, 9.17) is 4.52 Å². The zero-order valence-corrected chi connectivity index (χ0v) is 10.4. The second-order valence-corrected chi connectivity index (χ2v) is 4.85. The number of hydrogen-bond acceptors (Lipinski definition) is 4. The fourth-order valence-corrected chi connectivity index (χ4v) is 2.24. The Bertz CT molecular complexity index is 389. The van der Waals surface area contributed by atoms with Crippen molar-refractivity contribution in [2.75, 3.05) is 25.0 Å². The van der Waals surface area contributed by atoms with Crippen LogP contribution in [0.5, 0.6) is 0 Å². The molecule has 2 heterocycles. The molecule has 1 N–H and O–H groups in total. The van der Waals surface area contributed by atoms with Gasteiger partial charge in [-0.25, -0.2) is 0 Å². The lowest BCUT2D eigenvalue weighted by Gasteiger charge is -2.29. The highest BCUT2D eigenvalue weighted by Crippen LogP contribution is 2.15. The van der Waals surface area contributed by atoms with Crippen LogP contribution in [-0.4, -0.2) is 35.6 Å². The van der Waals surface area contributed by atoms with Crippen LogP contribution in [0.4, 0.5) is 5.82 Å². The summed E-state index contributed by atoms with van der Waals surface area (Å²) in [6, 6.07) is 1.72. The van der Waals surface area contributed by atoms with E-state index in [-0.39, 0.29) is 5.91 Å². The van der Waals surface area contributed by atoms with Crippen molar-refractivity contribution in [2.45, 2.75) is 26.7 Å². The molecule has 0 unspecified atom stereocenters. The molecule has 0 aromatic carbocycles. The standard InChI is InChI=1S/C12H19N3O2/c1-9-4-3-5-15(7-9)8-12(16)13-11-6-10(2)17-14-11/h6,9H,3-5,7-8H2,1-2H3,(H,13,14,16)/t9-/m0/s1. The van der Waals surface area contributed by atoms with Gasteiger partial charge in [0.2, 0.25) is 5.91 Å². The molecule has 0 saturated carbocycles. The Morgan fingerprint density at radius 2 is 2.53 bits per heavy atom. The van der Waals surface area contributed by atoms with Crippen molar-refractivity contribution in [1.29, 1.82) is 0 Å². The number of nitrogens with zero attached hydrogens (tertiary/aromatic N) is 2. The molecular formula is C12H19N3O2. The average molecular weight is 237 g/mol. The van der Waals surface area contributed by atoms with Gasteiger partial charge < -0.3 is 9.84 Å². The molecule has 0 radical (unpaired) electrons. The van der Waals surface area contributed by atoms with E-state index in [0.29, 0.717) is 24.0 Å². The largest absolute Gasteiger partial charge is 0.360 e. The molecule has 1 aliphatic heterocycles. The minimum atomic E-state index is -0.0209. The lowest BCUT2D eigenvalue weighted by Crippen LogP contribution is -2.39. The van der Waals surface area contributed by atoms with Crippen LogP contribution in [0, 0.1) is 12.8 Å². The number of aromatic nitrogens is 1. The first-order valence-electron chi connectivity index (χ1n) is 6.09. The molecule has 17 heavy (non-hydrogen) atoms. The van der Waals surface area contributed by atoms with E-state index >= 15 is 0 Å². The van der Waals surface area contributed by atoms with E-state index in [0.717, 1.165) is 13.1 Å². The van der Waals surface area contributed by atoms with E-state index in [2.05, 4.69) is 22.3 Å². The van der Waals surface area contributed by atoms with Gasteiger partial charge in [0.1, 0.15) is 5.76 Å². The van der Waals surface area contributed by atoms with Gasteiger partial charge in [0.05, 0.1) is 6.54 Å². The Morgan fingerprint density at radius 3 is 3.18 bits per heavy atom. The van der Waals surface area contributed by atoms with E-state index in [1.807, 2.05) is 0 Å². The number of likely N-dealkylation sites (tertiary alicyclic amines) is 1. The molecule has 1 aromatic rings. The van der Waals surface area contributed by atoms with Crippen molar-refractivity contribution in [1.82, 2.24) is 10.1 Å². The van der Waals surface area contributed by atoms with Gasteiger partial charge in [0.25, 0.3) is 0 Å². The van der Waals surface area contributed by atoms with Crippen LogP contribution < -0.4 is 5.32 Å². The Balaban J connectivity index is 1.80. The van der Waals surface area contributed by atoms with Crippen LogP contribution in [0.3, 0.4) is 0 Å². The van der Waals surface area contributed by atoms with Gasteiger partial charge in [-0.05, 0) is 32.2 Å². The summed E-state index contributed by atoms with van der Waals surface area (Å²) >= 11 is 0. The number of carbonyl (C=O) groups excluding carboxylic acids is 1. The fraction of sp³-hybridized carbons (Fsp3) is 0.667. The van der Waals surface area contributed by atoms with E-state index in [1.54, 1.807) is 13.0 Å². The molecule has 1 atom stereocenters. The minimum absolute atomic E-state index is 0.0209. The Morgan fingerprint density at radius 1 is 1.71 bits per heavy atom. The van der Waals surface area contributed by atoms with Gasteiger partial charge in [-0.15, -0.1) is 0 Å². The number of hydrogen-bond donors (Lipinski definition) is 1. The predicted molar refractivity (Wildman–Crippen MR) is 64.7 cm³/mol. The van der Waals surface area contributed by atoms with Gasteiger partial charge in [-0.3, -0.25) is 9.69 Å². The second-order valence-electron chi connectivity index (χ2n) is 4.85. The lowest BCUT2D eigenvalue weighted by atomic mass is 10.0. The zero-order valence-electron chi connectivity index (χ0n) is 10.4. The SMILES string of the molecule is Cc1cc(NC(=O)CN2CCC[C@H](C)C2)no1. The second kappa shape index (κ2) is 5.31. The maximum atomic E-state index is 11.8. The molecule has 2 rings (SSSR count). The number of nitrogens with one attached hydrogen (secondary N) is 1. The smallest absolute Gasteiger partial charge is 0.239 e. The molecular weight excluding hydrogens is 218 g/mol. The molecule has 1 aliphatic rings. The number of piperidine rings is 1. The molecule has 1 saturated heterocycles. The zero-order chi connectivity index (χ0) is 12.3. The molecule has 0 aliphatic carbocycles. The highest BCUT2D eigenvalue weighted by molar-refractivity contribution is 5.91. The number of rotatable bonds is 3. The van der Waals surface area contributed by atoms with Crippen molar-refractivity contribution in [3.63, 3.8) is 0 Å². The third-order valence-corrected chi connectivity index (χ3v) is 3.00. The van der Waals surface area contributed by atoms with Crippen LogP contribution in [0.2, 0.25) is 0 Å². The number of aryl methyl sites for hydroxylation is 1. The minimum Gasteiger partial charge on any atom is -0.360 e. The lowest BCUT2D eigenvalue weighted by molar-refractivity contribution is -0.117. The monoisotopic (exact) mass is 237 g/mol. The molecule has 0 bridgehead atoms. The number of amides is 1. The Labute approximate surface area is 101 Å². The first kappa shape index (κ1) is 12.1. The summed E-state index contributed by atoms with van der Waals surface area (Å²) in [5.74, 6) is 1.86. The van der Waals surface area contributed by atoms with Gasteiger partial charge in [-0.1, -0.05) is 12.1 Å². The van der Waals surface area contributed by atoms with E-state index < -0.39 is 0 Å². The van der Waals surface area contributed by atoms with Crippen molar-refractivity contribution < 1.29 is 9.32 Å². The van der Waals surface area contributed by atoms with Gasteiger partial charge in [0, 0.05) is 12.6 Å². The molecule has 1 fully saturated rings. The molecule has 0 spiro atoms. The maximum absolute atomic E-state index is 11.8. The highest BCUT2D eigenvalue weighted by Gasteiger charge is 2.18. The predicted octanol–water partition coefficient (Wildman–Crippen LogP) is 1.65. The van der Waals surface area contributed by atoms with E-state index in [9.17, 15) is 4.79 Å². The molecule has 5 nitrogen and oxygen atoms in total. The van der Waals surface area contributed by atoms with Crippen LogP contribution in [-0.2, 0) is 4.79 Å². The summed E-state index contributed by atoms with van der Waals surface area (Å²) in [7, 11) is 0. The summed E-state index contributed by atoms with van der Waals surface area (Å²) in [5.41, 5.74) is 0. The third kappa shape index (κ3) is 3.56. The normalized spacial score (nSPS) is 21.4. The summed E-state index contributed by atoms with van der Waals surface area (Å²) < 4.78 is 4.89. The fourth-order valence-electron chi connectivity index (χ4n) is 2.24. The summed E-state index contributed by atoms with van der Waals surface area (Å²) in [5, 5.41) is 6.48. The van der Waals surface area contributed by atoms with Crippen molar-refractivity contribution in [3.8, 4) is 0 Å². The van der Waals surface area contributed by atoms with Crippen molar-refractivity contribution >= 4 is 11.7 Å².